The SMILES string of the molecule is COc1cccc(C(=O)Nc2ccc(OCCN3CCN(C(N)=O)CC3)c(-c3ccnn3C)c2)c1.O=C(O)C(F)(F)F. The first kappa shape index (κ1) is 31.7. The van der Waals surface area contributed by atoms with Crippen LogP contribution >= 0.6 is 0 Å². The third kappa shape index (κ3) is 8.86. The molecule has 1 aliphatic heterocycles. The number of anilines is 1. The maximum Gasteiger partial charge on any atom is 0.490 e. The first-order valence-electron chi connectivity index (χ1n) is 12.7. The molecule has 1 aromatic heterocycles. The fraction of sp³-hybridized carbons (Fsp3) is 0.333. The molecule has 0 atom stereocenters. The lowest BCUT2D eigenvalue weighted by Crippen LogP contribution is -2.51. The summed E-state index contributed by atoms with van der Waals surface area (Å²) in [4.78, 5) is 36.9. The molecule has 226 valence electrons. The molecule has 4 rings (SSSR count). The number of carboxylic acid groups (broad SMARTS) is 1. The van der Waals surface area contributed by atoms with Gasteiger partial charge in [0.15, 0.2) is 0 Å². The predicted octanol–water partition coefficient (Wildman–Crippen LogP) is 3.06. The number of carboxylic acids is 1. The zero-order valence-corrected chi connectivity index (χ0v) is 22.9. The number of alkyl halides is 3. The van der Waals surface area contributed by atoms with Gasteiger partial charge in [-0.1, -0.05) is 6.07 Å². The van der Waals surface area contributed by atoms with Gasteiger partial charge in [-0.15, -0.1) is 0 Å². The van der Waals surface area contributed by atoms with E-state index in [0.29, 0.717) is 42.4 Å². The molecular formula is C27H31F3N6O6. The number of hydrogen-bond acceptors (Lipinski definition) is 7. The van der Waals surface area contributed by atoms with Crippen molar-refractivity contribution in [3.63, 3.8) is 0 Å². The van der Waals surface area contributed by atoms with Gasteiger partial charge in [0, 0.05) is 62.8 Å². The molecule has 3 aromatic rings. The number of nitrogens with one attached hydrogen (secondary N) is 1. The van der Waals surface area contributed by atoms with E-state index in [9.17, 15) is 22.8 Å². The summed E-state index contributed by atoms with van der Waals surface area (Å²) in [7, 11) is 3.43. The summed E-state index contributed by atoms with van der Waals surface area (Å²) in [5.41, 5.74) is 8.20. The second kappa shape index (κ2) is 14.2. The Balaban J connectivity index is 0.000000616. The zero-order chi connectivity index (χ0) is 30.9. The minimum absolute atomic E-state index is 0.233. The van der Waals surface area contributed by atoms with Crippen molar-refractivity contribution >= 4 is 23.6 Å². The Morgan fingerprint density at radius 3 is 2.33 bits per heavy atom. The molecule has 0 unspecified atom stereocenters. The molecule has 1 saturated heterocycles. The number of halogens is 3. The molecule has 0 spiro atoms. The number of piperazine rings is 1. The third-order valence-corrected chi connectivity index (χ3v) is 6.26. The molecule has 0 aliphatic carbocycles. The van der Waals surface area contributed by atoms with Gasteiger partial charge in [-0.2, -0.15) is 18.3 Å². The number of nitrogens with zero attached hydrogens (tertiary/aromatic N) is 4. The van der Waals surface area contributed by atoms with Crippen LogP contribution in [-0.2, 0) is 11.8 Å². The fourth-order valence-corrected chi connectivity index (χ4v) is 4.02. The first-order valence-corrected chi connectivity index (χ1v) is 12.7. The topological polar surface area (TPSA) is 152 Å². The minimum atomic E-state index is -5.08. The van der Waals surface area contributed by atoms with Crippen LogP contribution in [0.2, 0.25) is 0 Å². The van der Waals surface area contributed by atoms with E-state index in [1.54, 1.807) is 47.2 Å². The molecule has 4 N–H and O–H groups in total. The van der Waals surface area contributed by atoms with Gasteiger partial charge in [-0.05, 0) is 42.5 Å². The van der Waals surface area contributed by atoms with Gasteiger partial charge in [0.25, 0.3) is 5.91 Å². The number of aliphatic carboxylic acids is 1. The largest absolute Gasteiger partial charge is 0.497 e. The van der Waals surface area contributed by atoms with E-state index >= 15 is 0 Å². The van der Waals surface area contributed by atoms with Crippen molar-refractivity contribution in [2.45, 2.75) is 6.18 Å². The molecule has 2 heterocycles. The maximum absolute atomic E-state index is 12.8. The second-order valence-electron chi connectivity index (χ2n) is 9.06. The lowest BCUT2D eigenvalue weighted by Gasteiger charge is -2.33. The van der Waals surface area contributed by atoms with Crippen molar-refractivity contribution in [1.82, 2.24) is 19.6 Å². The highest BCUT2D eigenvalue weighted by Gasteiger charge is 2.38. The van der Waals surface area contributed by atoms with E-state index in [0.717, 1.165) is 30.9 Å². The highest BCUT2D eigenvalue weighted by Crippen LogP contribution is 2.33. The summed E-state index contributed by atoms with van der Waals surface area (Å²) in [6.07, 6.45) is -3.36. The number of hydrogen-bond donors (Lipinski definition) is 3. The Kier molecular flexibility index (Phi) is 10.7. The number of methoxy groups -OCH3 is 1. The van der Waals surface area contributed by atoms with E-state index in [1.807, 2.05) is 31.3 Å². The quantitative estimate of drug-likeness (QED) is 0.361. The Morgan fingerprint density at radius 1 is 1.07 bits per heavy atom. The van der Waals surface area contributed by atoms with Crippen LogP contribution in [0.4, 0.5) is 23.7 Å². The van der Waals surface area contributed by atoms with E-state index in [1.165, 1.54) is 0 Å². The minimum Gasteiger partial charge on any atom is -0.497 e. The molecule has 12 nitrogen and oxygen atoms in total. The number of aryl methyl sites for hydroxylation is 1. The van der Waals surface area contributed by atoms with Crippen molar-refractivity contribution in [1.29, 1.82) is 0 Å². The van der Waals surface area contributed by atoms with Crippen molar-refractivity contribution in [3.05, 3.63) is 60.3 Å². The predicted molar refractivity (Wildman–Crippen MR) is 146 cm³/mol. The van der Waals surface area contributed by atoms with Crippen LogP contribution in [0.15, 0.2) is 54.7 Å². The van der Waals surface area contributed by atoms with Gasteiger partial charge in [-0.3, -0.25) is 14.4 Å². The van der Waals surface area contributed by atoms with Gasteiger partial charge < -0.3 is 30.5 Å². The summed E-state index contributed by atoms with van der Waals surface area (Å²) >= 11 is 0. The van der Waals surface area contributed by atoms with E-state index in [-0.39, 0.29) is 11.9 Å². The van der Waals surface area contributed by atoms with E-state index < -0.39 is 12.1 Å². The average Bonchev–Trinajstić information content (AvgIpc) is 3.39. The Morgan fingerprint density at radius 2 is 1.76 bits per heavy atom. The number of amides is 3. The molecule has 1 aliphatic rings. The van der Waals surface area contributed by atoms with Crippen molar-refractivity contribution in [3.8, 4) is 22.8 Å². The van der Waals surface area contributed by atoms with Gasteiger partial charge in [0.2, 0.25) is 0 Å². The summed E-state index contributed by atoms with van der Waals surface area (Å²) in [5, 5.41) is 14.3. The van der Waals surface area contributed by atoms with Gasteiger partial charge in [0.1, 0.15) is 18.1 Å². The van der Waals surface area contributed by atoms with Crippen molar-refractivity contribution in [2.24, 2.45) is 12.8 Å². The normalized spacial score (nSPS) is 13.5. The fourth-order valence-electron chi connectivity index (χ4n) is 4.02. The summed E-state index contributed by atoms with van der Waals surface area (Å²) in [6, 6.07) is 14.1. The van der Waals surface area contributed by atoms with Crippen LogP contribution in [0, 0.1) is 0 Å². The van der Waals surface area contributed by atoms with Gasteiger partial charge >= 0.3 is 18.2 Å². The monoisotopic (exact) mass is 592 g/mol. The average molecular weight is 593 g/mol. The number of urea groups is 1. The lowest BCUT2D eigenvalue weighted by molar-refractivity contribution is -0.192. The number of carbonyl (C=O) groups is 3. The van der Waals surface area contributed by atoms with Crippen LogP contribution < -0.4 is 20.5 Å². The van der Waals surface area contributed by atoms with Crippen LogP contribution in [0.25, 0.3) is 11.3 Å². The molecule has 0 bridgehead atoms. The van der Waals surface area contributed by atoms with Crippen LogP contribution in [0.5, 0.6) is 11.5 Å². The van der Waals surface area contributed by atoms with Gasteiger partial charge in [0.05, 0.1) is 12.8 Å². The Bertz CT molecular complexity index is 1390. The number of ether oxygens (including phenoxy) is 2. The molecule has 42 heavy (non-hydrogen) atoms. The second-order valence-corrected chi connectivity index (χ2v) is 9.06. The highest BCUT2D eigenvalue weighted by atomic mass is 19.4. The highest BCUT2D eigenvalue weighted by molar-refractivity contribution is 6.04. The maximum atomic E-state index is 12.8. The number of aromatic nitrogens is 2. The Hall–Kier alpha value is -4.79. The number of benzene rings is 2. The molecule has 2 aromatic carbocycles. The van der Waals surface area contributed by atoms with Crippen LogP contribution in [0.3, 0.4) is 0 Å². The smallest absolute Gasteiger partial charge is 0.490 e. The standard InChI is InChI=1S/C25H30N6O4.C2HF3O2/c1-29-22(8-9-27-29)21-17-19(28-24(32)18-4-3-5-20(16-18)34-2)6-7-23(21)35-15-14-30-10-12-31(13-11-30)25(26)33;3-2(4,5)1(6)7/h3-9,16-17H,10-15H2,1-2H3,(H2,26,33)(H,28,32);(H,6,7). The van der Waals surface area contributed by atoms with E-state index in [4.69, 9.17) is 25.1 Å². The number of nitrogens with two attached hydrogens (primary N) is 1. The summed E-state index contributed by atoms with van der Waals surface area (Å²) in [5.74, 6) is -1.67. The molecule has 3 amide bonds. The van der Waals surface area contributed by atoms with Crippen LogP contribution in [0.1, 0.15) is 10.4 Å². The van der Waals surface area contributed by atoms with Crippen LogP contribution in [-0.4, -0.2) is 95.2 Å². The zero-order valence-electron chi connectivity index (χ0n) is 22.9. The first-order chi connectivity index (χ1) is 19.9. The molecule has 1 fully saturated rings. The molecule has 15 heteroatoms. The van der Waals surface area contributed by atoms with E-state index in [2.05, 4.69) is 15.3 Å². The van der Waals surface area contributed by atoms with Crippen molar-refractivity contribution < 1.29 is 42.1 Å². The number of rotatable bonds is 8. The third-order valence-electron chi connectivity index (χ3n) is 6.26. The molecular weight excluding hydrogens is 561 g/mol. The van der Waals surface area contributed by atoms with Gasteiger partial charge in [-0.25, -0.2) is 9.59 Å². The molecule has 0 saturated carbocycles. The summed E-state index contributed by atoms with van der Waals surface area (Å²) < 4.78 is 44.9. The lowest BCUT2D eigenvalue weighted by atomic mass is 10.1. The number of carbonyl (C=O) groups excluding carboxylic acids is 2. The summed E-state index contributed by atoms with van der Waals surface area (Å²) in [6.45, 7) is 3.98. The Labute approximate surface area is 239 Å². The van der Waals surface area contributed by atoms with Crippen molar-refractivity contribution in [2.75, 3.05) is 51.8 Å². The molecule has 0 radical (unpaired) electrons. The number of primary amides is 1.